The molecule has 128 valence electrons. The van der Waals surface area contributed by atoms with Crippen LogP contribution in [0.25, 0.3) is 16.6 Å². The van der Waals surface area contributed by atoms with Gasteiger partial charge >= 0.3 is 0 Å². The van der Waals surface area contributed by atoms with Gasteiger partial charge in [0.2, 0.25) is 0 Å². The van der Waals surface area contributed by atoms with E-state index in [4.69, 9.17) is 11.6 Å². The minimum atomic E-state index is -0.0308. The van der Waals surface area contributed by atoms with Gasteiger partial charge in [-0.15, -0.1) is 11.3 Å². The fourth-order valence-electron chi connectivity index (χ4n) is 2.30. The van der Waals surface area contributed by atoms with Crippen molar-refractivity contribution in [1.29, 1.82) is 0 Å². The first-order valence-corrected chi connectivity index (χ1v) is 8.63. The van der Waals surface area contributed by atoms with Crippen molar-refractivity contribution in [3.63, 3.8) is 0 Å². The van der Waals surface area contributed by atoms with Gasteiger partial charge in [-0.3, -0.25) is 4.79 Å². The molecule has 3 aromatic rings. The number of hydrogen-bond acceptors (Lipinski definition) is 3. The van der Waals surface area contributed by atoms with Crippen molar-refractivity contribution >= 4 is 34.8 Å². The monoisotopic (exact) mass is 482 g/mol. The van der Waals surface area contributed by atoms with Crippen molar-refractivity contribution in [2.75, 3.05) is 0 Å². The minimum Gasteiger partial charge on any atom is -1.00 e. The molecule has 0 fully saturated rings. The second-order valence-electron chi connectivity index (χ2n) is 5.44. The Morgan fingerprint density at radius 1 is 1.24 bits per heavy atom. The van der Waals surface area contributed by atoms with Gasteiger partial charge < -0.3 is 24.0 Å². The molecular weight excluding hydrogens is 467 g/mol. The van der Waals surface area contributed by atoms with E-state index in [1.807, 2.05) is 73.4 Å². The molecule has 0 aliphatic heterocycles. The number of carbonyl (C=O) groups is 1. The normalized spacial score (nSPS) is 10.7. The summed E-state index contributed by atoms with van der Waals surface area (Å²) < 4.78 is 1.95. The molecule has 0 atom stereocenters. The molecule has 0 saturated heterocycles. The molecule has 0 amide bonds. The summed E-state index contributed by atoms with van der Waals surface area (Å²) >= 11 is 7.32. The quantitative estimate of drug-likeness (QED) is 0.244. The first-order chi connectivity index (χ1) is 11.5. The van der Waals surface area contributed by atoms with E-state index in [9.17, 15) is 4.79 Å². The van der Waals surface area contributed by atoms with E-state index in [0.29, 0.717) is 9.90 Å². The predicted octanol–water partition coefficient (Wildman–Crippen LogP) is 1.50. The van der Waals surface area contributed by atoms with Gasteiger partial charge in [0.15, 0.2) is 18.2 Å². The zero-order chi connectivity index (χ0) is 17.1. The van der Waals surface area contributed by atoms with Crippen LogP contribution in [-0.2, 0) is 7.05 Å². The van der Waals surface area contributed by atoms with Gasteiger partial charge in [-0.25, -0.2) is 9.55 Å². The molecular formula is C19H16ClIN2OS. The number of thiazole rings is 1. The van der Waals surface area contributed by atoms with Gasteiger partial charge in [0.25, 0.3) is 0 Å². The van der Waals surface area contributed by atoms with Gasteiger partial charge in [-0.2, -0.15) is 0 Å². The van der Waals surface area contributed by atoms with Crippen LogP contribution in [0.2, 0.25) is 5.02 Å². The molecule has 0 aliphatic carbocycles. The minimum absolute atomic E-state index is 0. The molecule has 0 radical (unpaired) electrons. The van der Waals surface area contributed by atoms with Crippen LogP contribution in [-0.4, -0.2) is 10.8 Å². The molecule has 2 heterocycles. The van der Waals surface area contributed by atoms with E-state index in [0.717, 1.165) is 21.8 Å². The highest BCUT2D eigenvalue weighted by molar-refractivity contribution is 7.17. The average molecular weight is 483 g/mol. The summed E-state index contributed by atoms with van der Waals surface area (Å²) in [7, 11) is 1.95. The molecule has 0 N–H and O–H groups in total. The number of halogens is 2. The van der Waals surface area contributed by atoms with Crippen molar-refractivity contribution in [2.24, 2.45) is 7.05 Å². The maximum atomic E-state index is 12.5. The second kappa shape index (κ2) is 8.69. The van der Waals surface area contributed by atoms with Crippen LogP contribution >= 0.6 is 22.9 Å². The summed E-state index contributed by atoms with van der Waals surface area (Å²) in [5.74, 6) is -0.0308. The number of benzene rings is 1. The smallest absolute Gasteiger partial charge is 0.197 e. The number of ketones is 1. The standard InChI is InChI=1S/C19H16ClN2OS.HI/c1-13-18(17(23)10-5-14-4-3-11-22(2)12-14)24-19(21-13)15-6-8-16(20)9-7-15;/h3-12H,1-2H3;1H/q+1;/p-1/b10-5+;. The lowest BCUT2D eigenvalue weighted by atomic mass is 10.2. The maximum absolute atomic E-state index is 12.5. The van der Waals surface area contributed by atoms with Crippen LogP contribution in [0.15, 0.2) is 54.9 Å². The summed E-state index contributed by atoms with van der Waals surface area (Å²) in [6.45, 7) is 1.86. The summed E-state index contributed by atoms with van der Waals surface area (Å²) in [5.41, 5.74) is 2.69. The van der Waals surface area contributed by atoms with Gasteiger partial charge in [0.1, 0.15) is 12.1 Å². The third kappa shape index (κ3) is 4.96. The molecule has 0 unspecified atom stereocenters. The van der Waals surface area contributed by atoms with Crippen molar-refractivity contribution in [1.82, 2.24) is 4.98 Å². The first-order valence-electron chi connectivity index (χ1n) is 7.44. The summed E-state index contributed by atoms with van der Waals surface area (Å²) in [6.07, 6.45) is 7.33. The second-order valence-corrected chi connectivity index (χ2v) is 6.88. The van der Waals surface area contributed by atoms with E-state index < -0.39 is 0 Å². The molecule has 0 aliphatic rings. The zero-order valence-electron chi connectivity index (χ0n) is 13.7. The lowest BCUT2D eigenvalue weighted by Crippen LogP contribution is -3.00. The molecule has 3 rings (SSSR count). The van der Waals surface area contributed by atoms with Crippen molar-refractivity contribution in [3.05, 3.63) is 76.0 Å². The van der Waals surface area contributed by atoms with Crippen molar-refractivity contribution in [2.45, 2.75) is 6.92 Å². The van der Waals surface area contributed by atoms with E-state index >= 15 is 0 Å². The van der Waals surface area contributed by atoms with E-state index in [-0.39, 0.29) is 29.8 Å². The molecule has 2 aromatic heterocycles. The Kier molecular flexibility index (Phi) is 6.87. The number of carbonyl (C=O) groups excluding carboxylic acids is 1. The van der Waals surface area contributed by atoms with Gasteiger partial charge in [0, 0.05) is 22.2 Å². The van der Waals surface area contributed by atoms with Crippen LogP contribution in [0.1, 0.15) is 20.9 Å². The van der Waals surface area contributed by atoms with Gasteiger partial charge in [0.05, 0.1) is 10.6 Å². The van der Waals surface area contributed by atoms with E-state index in [1.54, 1.807) is 6.08 Å². The number of pyridine rings is 1. The largest absolute Gasteiger partial charge is 1.00 e. The Bertz CT molecular complexity index is 919. The van der Waals surface area contributed by atoms with Crippen molar-refractivity contribution < 1.29 is 33.3 Å². The summed E-state index contributed by atoms with van der Waals surface area (Å²) in [4.78, 5) is 17.7. The molecule has 0 spiro atoms. The highest BCUT2D eigenvalue weighted by atomic mass is 127. The molecule has 0 bridgehead atoms. The third-order valence-corrected chi connectivity index (χ3v) is 4.97. The van der Waals surface area contributed by atoms with Gasteiger partial charge in [-0.05, 0) is 37.3 Å². The Labute approximate surface area is 173 Å². The zero-order valence-corrected chi connectivity index (χ0v) is 17.5. The Morgan fingerprint density at radius 2 is 1.96 bits per heavy atom. The molecule has 25 heavy (non-hydrogen) atoms. The van der Waals surface area contributed by atoms with E-state index in [1.165, 1.54) is 11.3 Å². The van der Waals surface area contributed by atoms with Crippen LogP contribution in [0, 0.1) is 6.92 Å². The number of allylic oxidation sites excluding steroid dienone is 1. The fraction of sp³-hybridized carbons (Fsp3) is 0.105. The number of rotatable bonds is 4. The van der Waals surface area contributed by atoms with E-state index in [2.05, 4.69) is 4.98 Å². The predicted molar refractivity (Wildman–Crippen MR) is 98.3 cm³/mol. The molecule has 1 aromatic carbocycles. The lowest BCUT2D eigenvalue weighted by molar-refractivity contribution is -0.671. The topological polar surface area (TPSA) is 33.8 Å². The molecule has 3 nitrogen and oxygen atoms in total. The van der Waals surface area contributed by atoms with Gasteiger partial charge in [-0.1, -0.05) is 23.7 Å². The maximum Gasteiger partial charge on any atom is 0.197 e. The van der Waals surface area contributed by atoms with Crippen molar-refractivity contribution in [3.8, 4) is 10.6 Å². The van der Waals surface area contributed by atoms with Crippen LogP contribution < -0.4 is 28.5 Å². The lowest BCUT2D eigenvalue weighted by Gasteiger charge is -1.95. The fourth-order valence-corrected chi connectivity index (χ4v) is 3.42. The number of nitrogens with zero attached hydrogens (tertiary/aromatic N) is 2. The summed E-state index contributed by atoms with van der Waals surface area (Å²) in [6, 6.07) is 11.4. The number of aryl methyl sites for hydroxylation is 2. The number of aromatic nitrogens is 2. The average Bonchev–Trinajstić information content (AvgIpc) is 2.95. The summed E-state index contributed by atoms with van der Waals surface area (Å²) in [5, 5.41) is 1.51. The molecule has 6 heteroatoms. The highest BCUT2D eigenvalue weighted by Gasteiger charge is 2.14. The highest BCUT2D eigenvalue weighted by Crippen LogP contribution is 2.29. The molecule has 0 saturated carbocycles. The van der Waals surface area contributed by atoms with Crippen LogP contribution in [0.3, 0.4) is 0 Å². The Hall–Kier alpha value is -1.57. The first kappa shape index (κ1) is 19.8. The third-order valence-electron chi connectivity index (χ3n) is 3.50. The van der Waals surface area contributed by atoms with Crippen LogP contribution in [0.4, 0.5) is 0 Å². The Morgan fingerprint density at radius 3 is 2.64 bits per heavy atom. The number of hydrogen-bond donors (Lipinski definition) is 0. The Balaban J connectivity index is 0.00000225. The van der Waals surface area contributed by atoms with Crippen LogP contribution in [0.5, 0.6) is 0 Å². The SMILES string of the molecule is Cc1nc(-c2ccc(Cl)cc2)sc1C(=O)/C=C/c1ccc[n+](C)c1.[I-].